The van der Waals surface area contributed by atoms with Crippen LogP contribution in [0.3, 0.4) is 0 Å². The number of allylic oxidation sites excluding steroid dienone is 2. The molecule has 180 valence electrons. The van der Waals surface area contributed by atoms with E-state index in [1.165, 1.54) is 38.5 Å². The van der Waals surface area contributed by atoms with Gasteiger partial charge in [0.05, 0.1) is 0 Å². The number of nitrogens with one attached hydrogen (secondary N) is 5. The molecular weight excluding hydrogens is 440 g/mol. The summed E-state index contributed by atoms with van der Waals surface area (Å²) in [6, 6.07) is 0.888. The minimum atomic E-state index is 0.0400. The maximum atomic E-state index is 12.2. The number of hydrazine groups is 1. The summed E-state index contributed by atoms with van der Waals surface area (Å²) in [5.74, 6) is 0.0400. The Morgan fingerprint density at radius 2 is 1.31 bits per heavy atom. The summed E-state index contributed by atoms with van der Waals surface area (Å²) >= 11 is 10.8. The van der Waals surface area contributed by atoms with Gasteiger partial charge in [-0.3, -0.25) is 15.6 Å². The minimum absolute atomic E-state index is 0.0400. The van der Waals surface area contributed by atoms with E-state index in [-0.39, 0.29) is 5.78 Å². The van der Waals surface area contributed by atoms with Crippen LogP contribution >= 0.6 is 24.4 Å². The molecular formula is C23H40N6OS2. The van der Waals surface area contributed by atoms with Crippen LogP contribution in [0.15, 0.2) is 16.4 Å². The van der Waals surface area contributed by atoms with Gasteiger partial charge in [0, 0.05) is 29.1 Å². The number of rotatable bonds is 9. The monoisotopic (exact) mass is 480 g/mol. The Labute approximate surface area is 204 Å². The number of hydrazone groups is 1. The fourth-order valence-corrected chi connectivity index (χ4v) is 4.72. The number of carbonyl (C=O) groups excluding carboxylic acids is 1. The highest BCUT2D eigenvalue weighted by Gasteiger charge is 2.15. The van der Waals surface area contributed by atoms with Crippen molar-refractivity contribution in [3.8, 4) is 0 Å². The van der Waals surface area contributed by atoms with Crippen molar-refractivity contribution in [2.75, 3.05) is 0 Å². The van der Waals surface area contributed by atoms with E-state index in [9.17, 15) is 4.79 Å². The van der Waals surface area contributed by atoms with Crippen molar-refractivity contribution in [1.29, 1.82) is 0 Å². The number of Topliss-reactive ketones (excluding diaryl/α,β-unsaturated/α-hetero) is 1. The van der Waals surface area contributed by atoms with Gasteiger partial charge in [-0.15, -0.1) is 0 Å². The van der Waals surface area contributed by atoms with Crippen molar-refractivity contribution >= 4 is 46.2 Å². The third-order valence-electron chi connectivity index (χ3n) is 6.21. The van der Waals surface area contributed by atoms with E-state index >= 15 is 0 Å². The van der Waals surface area contributed by atoms with Gasteiger partial charge >= 0.3 is 0 Å². The van der Waals surface area contributed by atoms with E-state index in [0.717, 1.165) is 42.7 Å². The largest absolute Gasteiger partial charge is 0.359 e. The van der Waals surface area contributed by atoms with E-state index in [0.29, 0.717) is 35.2 Å². The lowest BCUT2D eigenvalue weighted by atomic mass is 9.96. The first kappa shape index (κ1) is 26.5. The van der Waals surface area contributed by atoms with Crippen molar-refractivity contribution < 1.29 is 4.79 Å². The van der Waals surface area contributed by atoms with Crippen LogP contribution in [0.25, 0.3) is 0 Å². The predicted octanol–water partition coefficient (Wildman–Crippen LogP) is 4.10. The maximum Gasteiger partial charge on any atom is 0.187 e. The van der Waals surface area contributed by atoms with E-state index in [2.05, 4.69) is 32.0 Å². The molecule has 0 saturated heterocycles. The predicted molar refractivity (Wildman–Crippen MR) is 140 cm³/mol. The van der Waals surface area contributed by atoms with Crippen LogP contribution in [0.5, 0.6) is 0 Å². The van der Waals surface area contributed by atoms with Gasteiger partial charge < -0.3 is 16.1 Å². The molecule has 0 amide bonds. The minimum Gasteiger partial charge on any atom is -0.359 e. The Morgan fingerprint density at radius 1 is 0.781 bits per heavy atom. The van der Waals surface area contributed by atoms with Gasteiger partial charge in [-0.25, -0.2) is 0 Å². The first-order chi connectivity index (χ1) is 15.3. The Kier molecular flexibility index (Phi) is 11.9. The molecule has 0 heterocycles. The van der Waals surface area contributed by atoms with Gasteiger partial charge in [0.2, 0.25) is 0 Å². The van der Waals surface area contributed by atoms with Gasteiger partial charge in [-0.1, -0.05) is 38.5 Å². The van der Waals surface area contributed by atoms with Crippen LogP contribution in [-0.4, -0.2) is 33.8 Å². The smallest absolute Gasteiger partial charge is 0.187 e. The maximum absolute atomic E-state index is 12.2. The molecule has 2 aliphatic rings. The third-order valence-corrected chi connectivity index (χ3v) is 6.64. The molecule has 9 heteroatoms. The number of hydrogen-bond donors (Lipinski definition) is 5. The van der Waals surface area contributed by atoms with E-state index in [4.69, 9.17) is 24.4 Å². The average molecular weight is 481 g/mol. The molecule has 0 bridgehead atoms. The molecule has 2 aliphatic carbocycles. The van der Waals surface area contributed by atoms with E-state index < -0.39 is 0 Å². The van der Waals surface area contributed by atoms with Crippen molar-refractivity contribution in [2.45, 2.75) is 110 Å². The Bertz CT molecular complexity index is 709. The Balaban J connectivity index is 1.76. The van der Waals surface area contributed by atoms with Crippen LogP contribution in [0.2, 0.25) is 0 Å². The van der Waals surface area contributed by atoms with Crippen LogP contribution in [-0.2, 0) is 4.79 Å². The van der Waals surface area contributed by atoms with Crippen LogP contribution in [0.1, 0.15) is 97.8 Å². The second kappa shape index (κ2) is 14.4. The molecule has 2 rings (SSSR count). The zero-order valence-corrected chi connectivity index (χ0v) is 21.4. The Hall–Kier alpha value is -1.74. The van der Waals surface area contributed by atoms with Crippen molar-refractivity contribution in [3.05, 3.63) is 11.3 Å². The third kappa shape index (κ3) is 10.3. The molecule has 0 unspecified atom stereocenters. The molecule has 0 spiro atoms. The van der Waals surface area contributed by atoms with Crippen molar-refractivity contribution in [3.63, 3.8) is 0 Å². The summed E-state index contributed by atoms with van der Waals surface area (Å²) < 4.78 is 0. The summed E-state index contributed by atoms with van der Waals surface area (Å²) in [5, 5.41) is 12.2. The van der Waals surface area contributed by atoms with E-state index in [1.807, 2.05) is 13.8 Å². The van der Waals surface area contributed by atoms with Gasteiger partial charge in [-0.2, -0.15) is 5.10 Å². The summed E-state index contributed by atoms with van der Waals surface area (Å²) in [5.41, 5.74) is 11.5. The molecule has 7 nitrogen and oxygen atoms in total. The molecule has 0 aromatic carbocycles. The second-order valence-electron chi connectivity index (χ2n) is 8.99. The number of nitrogens with zero attached hydrogens (tertiary/aromatic N) is 1. The number of thiocarbonyl (C=S) groups is 2. The lowest BCUT2D eigenvalue weighted by Gasteiger charge is -2.25. The lowest BCUT2D eigenvalue weighted by molar-refractivity contribution is -0.113. The SMILES string of the molecule is CC(=O)/C(CC/C(C)=N/NC(=S)NC1CCCCC1)=C(\C)NNC(=S)NC1CCCCC1. The summed E-state index contributed by atoms with van der Waals surface area (Å²) in [6.07, 6.45) is 13.5. The molecule has 32 heavy (non-hydrogen) atoms. The van der Waals surface area contributed by atoms with E-state index in [1.54, 1.807) is 6.92 Å². The fraction of sp³-hybridized carbons (Fsp3) is 0.739. The molecule has 0 radical (unpaired) electrons. The average Bonchev–Trinajstić information content (AvgIpc) is 2.77. The topological polar surface area (TPSA) is 89.6 Å². The molecule has 0 aromatic heterocycles. The molecule has 0 aromatic rings. The van der Waals surface area contributed by atoms with Crippen LogP contribution in [0.4, 0.5) is 0 Å². The molecule has 2 saturated carbocycles. The van der Waals surface area contributed by atoms with Gasteiger partial charge in [-0.05, 0) is 83.7 Å². The van der Waals surface area contributed by atoms with Gasteiger partial charge in [0.25, 0.3) is 0 Å². The fourth-order valence-electron chi connectivity index (χ4n) is 4.29. The quantitative estimate of drug-likeness (QED) is 0.146. The van der Waals surface area contributed by atoms with Crippen molar-refractivity contribution in [2.24, 2.45) is 5.10 Å². The Morgan fingerprint density at radius 3 is 1.84 bits per heavy atom. The number of ketones is 1. The molecule has 5 N–H and O–H groups in total. The summed E-state index contributed by atoms with van der Waals surface area (Å²) in [7, 11) is 0. The first-order valence-corrected chi connectivity index (χ1v) is 12.8. The molecule has 0 aliphatic heterocycles. The molecule has 2 fully saturated rings. The zero-order chi connectivity index (χ0) is 23.3. The standard InChI is InChI=1S/C23H40N6OS2/c1-16(26-28-22(31)24-19-10-6-4-7-11-19)14-15-21(18(3)30)17(2)27-29-23(32)25-20-12-8-5-9-13-20/h19-20,27H,4-15H2,1-3H3,(H2,24,28,31)(H2,25,29,32)/b21-17+,26-16+. The summed E-state index contributed by atoms with van der Waals surface area (Å²) in [4.78, 5) is 12.2. The highest BCUT2D eigenvalue weighted by molar-refractivity contribution is 7.80. The summed E-state index contributed by atoms with van der Waals surface area (Å²) in [6.45, 7) is 5.42. The second-order valence-corrected chi connectivity index (χ2v) is 9.80. The van der Waals surface area contributed by atoms with Crippen LogP contribution in [0, 0.1) is 0 Å². The van der Waals surface area contributed by atoms with Gasteiger partial charge in [0.1, 0.15) is 0 Å². The first-order valence-electron chi connectivity index (χ1n) is 12.0. The normalized spacial score (nSPS) is 18.9. The van der Waals surface area contributed by atoms with Gasteiger partial charge in [0.15, 0.2) is 16.0 Å². The lowest BCUT2D eigenvalue weighted by Crippen LogP contribution is -2.47. The number of hydrogen-bond acceptors (Lipinski definition) is 5. The van der Waals surface area contributed by atoms with Crippen molar-refractivity contribution in [1.82, 2.24) is 26.9 Å². The highest BCUT2D eigenvalue weighted by Crippen LogP contribution is 2.18. The highest BCUT2D eigenvalue weighted by atomic mass is 32.1. The van der Waals surface area contributed by atoms with Crippen LogP contribution < -0.4 is 26.9 Å². The zero-order valence-electron chi connectivity index (χ0n) is 19.8. The molecule has 0 atom stereocenters. The number of carbonyl (C=O) groups is 1.